The molecule has 4 heteroatoms. The first-order valence-electron chi connectivity index (χ1n) is 5.19. The maximum Gasteiger partial charge on any atom is 0.262 e. The van der Waals surface area contributed by atoms with Crippen molar-refractivity contribution in [1.29, 1.82) is 0 Å². The summed E-state index contributed by atoms with van der Waals surface area (Å²) in [4.78, 5) is 22.9. The van der Waals surface area contributed by atoms with Crippen LogP contribution in [-0.4, -0.2) is 18.3 Å². The monoisotopic (exact) mass is 219 g/mol. The van der Waals surface area contributed by atoms with Gasteiger partial charge in [0.25, 0.3) is 5.91 Å². The van der Waals surface area contributed by atoms with E-state index in [1.54, 1.807) is 18.2 Å². The van der Waals surface area contributed by atoms with Crippen molar-refractivity contribution in [1.82, 2.24) is 0 Å². The SMILES string of the molecule is CC(C)C(=O)c1ccc2c(c1)NC(=O)CO2. The molecule has 1 N–H and O–H groups in total. The molecule has 0 unspecified atom stereocenters. The second-order valence-electron chi connectivity index (χ2n) is 4.07. The van der Waals surface area contributed by atoms with E-state index < -0.39 is 0 Å². The molecule has 0 spiro atoms. The number of fused-ring (bicyclic) bond motifs is 1. The molecule has 84 valence electrons. The van der Waals surface area contributed by atoms with Gasteiger partial charge in [-0.1, -0.05) is 13.8 Å². The third kappa shape index (κ3) is 1.91. The van der Waals surface area contributed by atoms with Crippen molar-refractivity contribution in [2.75, 3.05) is 11.9 Å². The summed E-state index contributed by atoms with van der Waals surface area (Å²) < 4.78 is 5.21. The van der Waals surface area contributed by atoms with Crippen molar-refractivity contribution < 1.29 is 14.3 Å². The summed E-state index contributed by atoms with van der Waals surface area (Å²) in [5.74, 6) is 0.419. The molecule has 16 heavy (non-hydrogen) atoms. The van der Waals surface area contributed by atoms with Gasteiger partial charge in [0.2, 0.25) is 0 Å². The zero-order valence-corrected chi connectivity index (χ0v) is 9.24. The van der Waals surface area contributed by atoms with E-state index in [1.165, 1.54) is 0 Å². The van der Waals surface area contributed by atoms with Crippen LogP contribution in [0.4, 0.5) is 5.69 Å². The molecular formula is C12H13NO3. The maximum absolute atomic E-state index is 11.8. The van der Waals surface area contributed by atoms with Gasteiger partial charge in [0.15, 0.2) is 12.4 Å². The van der Waals surface area contributed by atoms with E-state index in [4.69, 9.17) is 4.74 Å². The highest BCUT2D eigenvalue weighted by Gasteiger charge is 2.18. The molecule has 1 heterocycles. The molecule has 0 fully saturated rings. The summed E-state index contributed by atoms with van der Waals surface area (Å²) in [7, 11) is 0. The number of Topliss-reactive ketones (excluding diaryl/α,β-unsaturated/α-hetero) is 1. The van der Waals surface area contributed by atoms with E-state index in [9.17, 15) is 9.59 Å². The number of hydrogen-bond acceptors (Lipinski definition) is 3. The van der Waals surface area contributed by atoms with Crippen molar-refractivity contribution in [3.05, 3.63) is 23.8 Å². The number of rotatable bonds is 2. The van der Waals surface area contributed by atoms with Crippen molar-refractivity contribution in [2.24, 2.45) is 5.92 Å². The first kappa shape index (κ1) is 10.7. The standard InChI is InChI=1S/C12H13NO3/c1-7(2)12(15)8-3-4-10-9(5-8)13-11(14)6-16-10/h3-5,7H,6H2,1-2H3,(H,13,14). The molecule has 0 bridgehead atoms. The number of carbonyl (C=O) groups is 2. The highest BCUT2D eigenvalue weighted by atomic mass is 16.5. The molecule has 1 amide bonds. The maximum atomic E-state index is 11.8. The van der Waals surface area contributed by atoms with Crippen molar-refractivity contribution in [3.63, 3.8) is 0 Å². The molecule has 0 aromatic heterocycles. The van der Waals surface area contributed by atoms with Gasteiger partial charge in [-0.25, -0.2) is 0 Å². The van der Waals surface area contributed by atoms with Gasteiger partial charge in [-0.3, -0.25) is 9.59 Å². The molecule has 1 aromatic rings. The summed E-state index contributed by atoms with van der Waals surface area (Å²) in [6, 6.07) is 5.09. The van der Waals surface area contributed by atoms with Crippen LogP contribution in [0.5, 0.6) is 5.75 Å². The lowest BCUT2D eigenvalue weighted by molar-refractivity contribution is -0.118. The third-order valence-corrected chi connectivity index (χ3v) is 2.42. The minimum atomic E-state index is -0.193. The number of amides is 1. The number of carbonyl (C=O) groups excluding carboxylic acids is 2. The third-order valence-electron chi connectivity index (χ3n) is 2.42. The number of anilines is 1. The van der Waals surface area contributed by atoms with E-state index in [2.05, 4.69) is 5.32 Å². The number of benzene rings is 1. The average molecular weight is 219 g/mol. The fraction of sp³-hybridized carbons (Fsp3) is 0.333. The van der Waals surface area contributed by atoms with Crippen LogP contribution in [0.15, 0.2) is 18.2 Å². The Balaban J connectivity index is 2.35. The van der Waals surface area contributed by atoms with Crippen LogP contribution in [0.3, 0.4) is 0 Å². The minimum Gasteiger partial charge on any atom is -0.482 e. The predicted octanol–water partition coefficient (Wildman–Crippen LogP) is 1.86. The average Bonchev–Trinajstić information content (AvgIpc) is 2.26. The summed E-state index contributed by atoms with van der Waals surface area (Å²) in [5, 5.41) is 2.68. The Labute approximate surface area is 93.6 Å². The summed E-state index contributed by atoms with van der Waals surface area (Å²) in [5.41, 5.74) is 1.17. The van der Waals surface area contributed by atoms with Crippen LogP contribution in [0, 0.1) is 5.92 Å². The quantitative estimate of drug-likeness (QED) is 0.772. The van der Waals surface area contributed by atoms with Crippen LogP contribution in [0.2, 0.25) is 0 Å². The number of ketones is 1. The molecule has 0 radical (unpaired) electrons. The van der Waals surface area contributed by atoms with Gasteiger partial charge >= 0.3 is 0 Å². The van der Waals surface area contributed by atoms with E-state index in [0.717, 1.165) is 0 Å². The number of nitrogens with one attached hydrogen (secondary N) is 1. The van der Waals surface area contributed by atoms with Gasteiger partial charge in [-0.2, -0.15) is 0 Å². The Bertz CT molecular complexity index is 452. The fourth-order valence-corrected chi connectivity index (χ4v) is 1.57. The molecule has 0 atom stereocenters. The number of hydrogen-bond donors (Lipinski definition) is 1. The summed E-state index contributed by atoms with van der Waals surface area (Å²) in [6.45, 7) is 3.72. The molecule has 1 aromatic carbocycles. The predicted molar refractivity (Wildman–Crippen MR) is 59.7 cm³/mol. The zero-order valence-electron chi connectivity index (χ0n) is 9.24. The highest BCUT2D eigenvalue weighted by Crippen LogP contribution is 2.29. The van der Waals surface area contributed by atoms with Crippen LogP contribution >= 0.6 is 0 Å². The molecule has 4 nitrogen and oxygen atoms in total. The van der Waals surface area contributed by atoms with Gasteiger partial charge in [0, 0.05) is 11.5 Å². The normalized spacial score (nSPS) is 14.1. The first-order chi connectivity index (χ1) is 7.58. The molecule has 0 saturated carbocycles. The van der Waals surface area contributed by atoms with Gasteiger partial charge in [0.1, 0.15) is 5.75 Å². The molecule has 0 aliphatic carbocycles. The van der Waals surface area contributed by atoms with E-state index in [0.29, 0.717) is 17.0 Å². The first-order valence-corrected chi connectivity index (χ1v) is 5.19. The Morgan fingerprint density at radius 3 is 2.88 bits per heavy atom. The van der Waals surface area contributed by atoms with Gasteiger partial charge in [-0.15, -0.1) is 0 Å². The largest absolute Gasteiger partial charge is 0.482 e. The topological polar surface area (TPSA) is 55.4 Å². The summed E-state index contributed by atoms with van der Waals surface area (Å²) in [6.07, 6.45) is 0. The van der Waals surface area contributed by atoms with Gasteiger partial charge < -0.3 is 10.1 Å². The van der Waals surface area contributed by atoms with E-state index >= 15 is 0 Å². The lowest BCUT2D eigenvalue weighted by Crippen LogP contribution is -2.25. The Morgan fingerprint density at radius 1 is 1.44 bits per heavy atom. The highest BCUT2D eigenvalue weighted by molar-refractivity contribution is 6.01. The van der Waals surface area contributed by atoms with Gasteiger partial charge in [-0.05, 0) is 18.2 Å². The Kier molecular flexibility index (Phi) is 2.64. The minimum absolute atomic E-state index is 0.0322. The van der Waals surface area contributed by atoms with E-state index in [-0.39, 0.29) is 24.2 Å². The van der Waals surface area contributed by atoms with Crippen molar-refractivity contribution in [2.45, 2.75) is 13.8 Å². The van der Waals surface area contributed by atoms with Crippen LogP contribution in [0.1, 0.15) is 24.2 Å². The molecule has 0 saturated heterocycles. The Morgan fingerprint density at radius 2 is 2.19 bits per heavy atom. The second-order valence-corrected chi connectivity index (χ2v) is 4.07. The number of ether oxygens (including phenoxy) is 1. The van der Waals surface area contributed by atoms with Crippen molar-refractivity contribution in [3.8, 4) is 5.75 Å². The van der Waals surface area contributed by atoms with Crippen LogP contribution in [-0.2, 0) is 4.79 Å². The van der Waals surface area contributed by atoms with Crippen molar-refractivity contribution >= 4 is 17.4 Å². The van der Waals surface area contributed by atoms with E-state index in [1.807, 2.05) is 13.8 Å². The van der Waals surface area contributed by atoms with Crippen LogP contribution in [0.25, 0.3) is 0 Å². The fourth-order valence-electron chi connectivity index (χ4n) is 1.57. The lowest BCUT2D eigenvalue weighted by Gasteiger charge is -2.18. The molecular weight excluding hydrogens is 206 g/mol. The Hall–Kier alpha value is -1.84. The lowest BCUT2D eigenvalue weighted by atomic mass is 10.0. The van der Waals surface area contributed by atoms with Gasteiger partial charge in [0.05, 0.1) is 5.69 Å². The van der Waals surface area contributed by atoms with Crippen LogP contribution < -0.4 is 10.1 Å². The molecule has 2 rings (SSSR count). The second kappa shape index (κ2) is 3.96. The molecule has 1 aliphatic heterocycles. The smallest absolute Gasteiger partial charge is 0.262 e. The summed E-state index contributed by atoms with van der Waals surface area (Å²) >= 11 is 0. The zero-order chi connectivity index (χ0) is 11.7. The molecule has 1 aliphatic rings.